The van der Waals surface area contributed by atoms with Gasteiger partial charge in [0, 0.05) is 12.6 Å². The lowest BCUT2D eigenvalue weighted by atomic mass is 10.1. The zero-order valence-electron chi connectivity index (χ0n) is 11.0. The molecule has 2 aromatic rings. The van der Waals surface area contributed by atoms with E-state index in [1.165, 1.54) is 0 Å². The first-order chi connectivity index (χ1) is 8.77. The van der Waals surface area contributed by atoms with Crippen molar-refractivity contribution in [2.75, 3.05) is 13.7 Å². The van der Waals surface area contributed by atoms with Crippen LogP contribution in [0.2, 0.25) is 0 Å². The molecule has 18 heavy (non-hydrogen) atoms. The summed E-state index contributed by atoms with van der Waals surface area (Å²) >= 11 is 0. The Hall–Kier alpha value is -1.75. The summed E-state index contributed by atoms with van der Waals surface area (Å²) in [5.74, 6) is 0.785. The number of hydrogen-bond acceptors (Lipinski definition) is 4. The zero-order valence-corrected chi connectivity index (χ0v) is 11.0. The van der Waals surface area contributed by atoms with Crippen LogP contribution in [-0.2, 0) is 7.05 Å². The third-order valence-electron chi connectivity index (χ3n) is 2.92. The van der Waals surface area contributed by atoms with Crippen LogP contribution in [0.4, 0.5) is 0 Å². The summed E-state index contributed by atoms with van der Waals surface area (Å²) in [6, 6.07) is 1.99. The van der Waals surface area contributed by atoms with Crippen LogP contribution in [-0.4, -0.2) is 23.4 Å². The Balaban J connectivity index is 2.36. The van der Waals surface area contributed by atoms with E-state index in [4.69, 9.17) is 9.15 Å². The van der Waals surface area contributed by atoms with Gasteiger partial charge in [-0.05, 0) is 19.0 Å². The van der Waals surface area contributed by atoms with Crippen molar-refractivity contribution in [1.29, 1.82) is 0 Å². The molecule has 0 fully saturated rings. The molecule has 0 amide bonds. The first-order valence-electron chi connectivity index (χ1n) is 6.09. The maximum absolute atomic E-state index is 5.37. The Morgan fingerprint density at radius 3 is 3.00 bits per heavy atom. The molecule has 5 nitrogen and oxygen atoms in total. The summed E-state index contributed by atoms with van der Waals surface area (Å²) in [5.41, 5.74) is 2.08. The highest BCUT2D eigenvalue weighted by molar-refractivity contribution is 5.34. The summed E-state index contributed by atoms with van der Waals surface area (Å²) in [4.78, 5) is 0. The fourth-order valence-corrected chi connectivity index (χ4v) is 2.01. The molecule has 2 aromatic heterocycles. The van der Waals surface area contributed by atoms with Gasteiger partial charge in [0.2, 0.25) is 0 Å². The number of nitrogens with zero attached hydrogens (tertiary/aromatic N) is 2. The second-order valence-corrected chi connectivity index (χ2v) is 4.17. The average Bonchev–Trinajstić information content (AvgIpc) is 3.01. The molecule has 0 spiro atoms. The fraction of sp³-hybridized carbons (Fsp3) is 0.462. The molecule has 0 aliphatic carbocycles. The highest BCUT2D eigenvalue weighted by atomic mass is 16.5. The largest absolute Gasteiger partial charge is 0.493 e. The van der Waals surface area contributed by atoms with Crippen molar-refractivity contribution >= 4 is 0 Å². The first kappa shape index (κ1) is 12.7. The Morgan fingerprint density at radius 2 is 2.39 bits per heavy atom. The van der Waals surface area contributed by atoms with Gasteiger partial charge in [0.25, 0.3) is 0 Å². The third kappa shape index (κ3) is 2.41. The van der Waals surface area contributed by atoms with Gasteiger partial charge in [0.1, 0.15) is 5.69 Å². The molecule has 98 valence electrons. The molecule has 0 aliphatic rings. The lowest BCUT2D eigenvalue weighted by Gasteiger charge is -2.18. The SMILES string of the molecule is CCCNC(c1ccoc1)c1c(OC)cnn1C. The van der Waals surface area contributed by atoms with Crippen molar-refractivity contribution in [3.8, 4) is 5.75 Å². The van der Waals surface area contributed by atoms with Crippen LogP contribution in [0.15, 0.2) is 29.2 Å². The first-order valence-corrected chi connectivity index (χ1v) is 6.09. The third-order valence-corrected chi connectivity index (χ3v) is 2.92. The standard InChI is InChI=1S/C13H19N3O2/c1-4-6-14-12(10-5-7-18-9-10)13-11(17-3)8-15-16(13)2/h5,7-9,12,14H,4,6H2,1-3H3. The maximum Gasteiger partial charge on any atom is 0.161 e. The number of ether oxygens (including phenoxy) is 1. The molecule has 0 aliphatic heterocycles. The number of methoxy groups -OCH3 is 1. The second kappa shape index (κ2) is 5.73. The summed E-state index contributed by atoms with van der Waals surface area (Å²) in [6.45, 7) is 3.06. The number of furan rings is 1. The van der Waals surface area contributed by atoms with E-state index < -0.39 is 0 Å². The molecule has 0 radical (unpaired) electrons. The minimum atomic E-state index is 0.0335. The van der Waals surface area contributed by atoms with E-state index in [1.807, 2.05) is 17.8 Å². The topological polar surface area (TPSA) is 52.2 Å². The van der Waals surface area contributed by atoms with Crippen molar-refractivity contribution in [1.82, 2.24) is 15.1 Å². The molecule has 2 heterocycles. The summed E-state index contributed by atoms with van der Waals surface area (Å²) < 4.78 is 12.4. The minimum Gasteiger partial charge on any atom is -0.493 e. The molecular formula is C13H19N3O2. The number of aryl methyl sites for hydroxylation is 1. The number of nitrogens with one attached hydrogen (secondary N) is 1. The Labute approximate surface area is 107 Å². The molecule has 0 aromatic carbocycles. The molecule has 0 saturated heterocycles. The fourth-order valence-electron chi connectivity index (χ4n) is 2.01. The lowest BCUT2D eigenvalue weighted by molar-refractivity contribution is 0.400. The van der Waals surface area contributed by atoms with Gasteiger partial charge in [-0.1, -0.05) is 6.92 Å². The maximum atomic E-state index is 5.37. The van der Waals surface area contributed by atoms with E-state index in [0.29, 0.717) is 0 Å². The number of aromatic nitrogens is 2. The van der Waals surface area contributed by atoms with E-state index >= 15 is 0 Å². The van der Waals surface area contributed by atoms with Crippen LogP contribution in [0.1, 0.15) is 30.6 Å². The monoisotopic (exact) mass is 249 g/mol. The zero-order chi connectivity index (χ0) is 13.0. The van der Waals surface area contributed by atoms with Gasteiger partial charge in [-0.3, -0.25) is 4.68 Å². The van der Waals surface area contributed by atoms with Crippen LogP contribution in [0.25, 0.3) is 0 Å². The summed E-state index contributed by atoms with van der Waals surface area (Å²) in [7, 11) is 3.57. The number of rotatable bonds is 6. The quantitative estimate of drug-likeness (QED) is 0.852. The molecule has 0 saturated carbocycles. The Kier molecular flexibility index (Phi) is 4.04. The van der Waals surface area contributed by atoms with E-state index in [1.54, 1.807) is 25.8 Å². The van der Waals surface area contributed by atoms with Crippen LogP contribution in [0, 0.1) is 0 Å². The van der Waals surface area contributed by atoms with Crippen molar-refractivity contribution in [2.45, 2.75) is 19.4 Å². The van der Waals surface area contributed by atoms with E-state index in [2.05, 4.69) is 17.3 Å². The van der Waals surface area contributed by atoms with E-state index in [-0.39, 0.29) is 6.04 Å². The molecule has 1 atom stereocenters. The van der Waals surface area contributed by atoms with Crippen molar-refractivity contribution in [3.63, 3.8) is 0 Å². The minimum absolute atomic E-state index is 0.0335. The van der Waals surface area contributed by atoms with Crippen LogP contribution >= 0.6 is 0 Å². The van der Waals surface area contributed by atoms with E-state index in [9.17, 15) is 0 Å². The van der Waals surface area contributed by atoms with Gasteiger partial charge in [0.05, 0.1) is 31.9 Å². The van der Waals surface area contributed by atoms with Gasteiger partial charge in [0.15, 0.2) is 5.75 Å². The normalized spacial score (nSPS) is 12.6. The molecule has 1 N–H and O–H groups in total. The van der Waals surface area contributed by atoms with Crippen LogP contribution in [0.3, 0.4) is 0 Å². The molecule has 5 heteroatoms. The van der Waals surface area contributed by atoms with Gasteiger partial charge < -0.3 is 14.5 Å². The predicted octanol–water partition coefficient (Wildman–Crippen LogP) is 2.11. The molecule has 1 unspecified atom stereocenters. The summed E-state index contributed by atoms with van der Waals surface area (Å²) in [6.07, 6.45) is 6.23. The Bertz CT molecular complexity index is 476. The smallest absolute Gasteiger partial charge is 0.161 e. The van der Waals surface area contributed by atoms with Crippen molar-refractivity contribution in [3.05, 3.63) is 36.0 Å². The highest BCUT2D eigenvalue weighted by Gasteiger charge is 2.22. The van der Waals surface area contributed by atoms with Gasteiger partial charge in [-0.15, -0.1) is 0 Å². The average molecular weight is 249 g/mol. The number of hydrogen-bond donors (Lipinski definition) is 1. The lowest BCUT2D eigenvalue weighted by Crippen LogP contribution is -2.25. The molecule has 0 bridgehead atoms. The highest BCUT2D eigenvalue weighted by Crippen LogP contribution is 2.29. The van der Waals surface area contributed by atoms with Gasteiger partial charge in [-0.25, -0.2) is 0 Å². The van der Waals surface area contributed by atoms with Crippen molar-refractivity contribution < 1.29 is 9.15 Å². The summed E-state index contributed by atoms with van der Waals surface area (Å²) in [5, 5.41) is 7.74. The van der Waals surface area contributed by atoms with Gasteiger partial charge >= 0.3 is 0 Å². The second-order valence-electron chi connectivity index (χ2n) is 4.17. The predicted molar refractivity (Wildman–Crippen MR) is 68.6 cm³/mol. The Morgan fingerprint density at radius 1 is 1.56 bits per heavy atom. The van der Waals surface area contributed by atoms with Crippen LogP contribution in [0.5, 0.6) is 5.75 Å². The van der Waals surface area contributed by atoms with Crippen LogP contribution < -0.4 is 10.1 Å². The van der Waals surface area contributed by atoms with Gasteiger partial charge in [-0.2, -0.15) is 5.10 Å². The molecule has 2 rings (SSSR count). The molecular weight excluding hydrogens is 230 g/mol. The van der Waals surface area contributed by atoms with Crippen molar-refractivity contribution in [2.24, 2.45) is 7.05 Å². The van der Waals surface area contributed by atoms with E-state index in [0.717, 1.165) is 30.0 Å².